The standard InChI is InChI=1S/C15H21NO2/c1-11-6-5-7-12(10-11)15(18)16(2)13-8-3-4-9-14(13)17/h5-7,10,13-14,17H,3-4,8-9H2,1-2H3/t13-,14+/m1/s1. The fourth-order valence-electron chi connectivity index (χ4n) is 2.68. The summed E-state index contributed by atoms with van der Waals surface area (Å²) in [5, 5.41) is 10.00. The molecule has 98 valence electrons. The van der Waals surface area contributed by atoms with Crippen molar-refractivity contribution in [1.29, 1.82) is 0 Å². The molecule has 3 nitrogen and oxygen atoms in total. The van der Waals surface area contributed by atoms with Crippen LogP contribution in [0.1, 0.15) is 41.6 Å². The predicted molar refractivity (Wildman–Crippen MR) is 71.5 cm³/mol. The van der Waals surface area contributed by atoms with E-state index in [0.717, 1.165) is 31.2 Å². The molecule has 0 spiro atoms. The highest BCUT2D eigenvalue weighted by atomic mass is 16.3. The van der Waals surface area contributed by atoms with Crippen LogP contribution in [0.2, 0.25) is 0 Å². The van der Waals surface area contributed by atoms with Crippen LogP contribution in [-0.4, -0.2) is 35.1 Å². The number of amides is 1. The summed E-state index contributed by atoms with van der Waals surface area (Å²) in [6.45, 7) is 1.98. The number of carbonyl (C=O) groups excluding carboxylic acids is 1. The molecule has 18 heavy (non-hydrogen) atoms. The van der Waals surface area contributed by atoms with Crippen LogP contribution < -0.4 is 0 Å². The number of hydrogen-bond donors (Lipinski definition) is 1. The van der Waals surface area contributed by atoms with Gasteiger partial charge in [0.15, 0.2) is 0 Å². The lowest BCUT2D eigenvalue weighted by Gasteiger charge is -2.35. The average Bonchev–Trinajstić information content (AvgIpc) is 2.37. The summed E-state index contributed by atoms with van der Waals surface area (Å²) in [6.07, 6.45) is 3.47. The van der Waals surface area contributed by atoms with E-state index in [1.165, 1.54) is 0 Å². The maximum atomic E-state index is 12.4. The third-order valence-corrected chi connectivity index (χ3v) is 3.78. The summed E-state index contributed by atoms with van der Waals surface area (Å²) in [7, 11) is 1.80. The molecule has 1 fully saturated rings. The van der Waals surface area contributed by atoms with Gasteiger partial charge in [0.05, 0.1) is 12.1 Å². The Kier molecular flexibility index (Phi) is 4.02. The van der Waals surface area contributed by atoms with E-state index < -0.39 is 0 Å². The van der Waals surface area contributed by atoms with Crippen LogP contribution in [0.5, 0.6) is 0 Å². The quantitative estimate of drug-likeness (QED) is 0.871. The molecule has 0 aliphatic heterocycles. The zero-order valence-electron chi connectivity index (χ0n) is 11.1. The van der Waals surface area contributed by atoms with E-state index in [0.29, 0.717) is 5.56 Å². The van der Waals surface area contributed by atoms with Gasteiger partial charge in [0.1, 0.15) is 0 Å². The SMILES string of the molecule is Cc1cccc(C(=O)N(C)[C@@H]2CCCC[C@@H]2O)c1. The van der Waals surface area contributed by atoms with Gasteiger partial charge >= 0.3 is 0 Å². The minimum absolute atomic E-state index is 0.00431. The number of rotatable bonds is 2. The Hall–Kier alpha value is -1.35. The maximum Gasteiger partial charge on any atom is 0.253 e. The molecule has 1 aromatic carbocycles. The molecule has 1 aliphatic rings. The van der Waals surface area contributed by atoms with Crippen molar-refractivity contribution < 1.29 is 9.90 Å². The van der Waals surface area contributed by atoms with E-state index in [1.54, 1.807) is 11.9 Å². The van der Waals surface area contributed by atoms with Gasteiger partial charge in [-0.15, -0.1) is 0 Å². The molecule has 2 atom stereocenters. The second-order valence-electron chi connectivity index (χ2n) is 5.20. The van der Waals surface area contributed by atoms with Crippen LogP contribution in [-0.2, 0) is 0 Å². The molecule has 0 radical (unpaired) electrons. The zero-order valence-corrected chi connectivity index (χ0v) is 11.1. The third kappa shape index (κ3) is 2.72. The van der Waals surface area contributed by atoms with Gasteiger partial charge in [-0.1, -0.05) is 30.5 Å². The van der Waals surface area contributed by atoms with E-state index in [-0.39, 0.29) is 18.1 Å². The van der Waals surface area contributed by atoms with Crippen LogP contribution in [0.3, 0.4) is 0 Å². The largest absolute Gasteiger partial charge is 0.391 e. The van der Waals surface area contributed by atoms with Crippen molar-refractivity contribution in [2.24, 2.45) is 0 Å². The smallest absolute Gasteiger partial charge is 0.253 e. The molecule has 0 heterocycles. The summed E-state index contributed by atoms with van der Waals surface area (Å²) in [5.41, 5.74) is 1.79. The Balaban J connectivity index is 2.13. The van der Waals surface area contributed by atoms with Crippen molar-refractivity contribution in [3.8, 4) is 0 Å². The molecule has 1 N–H and O–H groups in total. The molecule has 0 bridgehead atoms. The lowest BCUT2D eigenvalue weighted by Crippen LogP contribution is -2.46. The maximum absolute atomic E-state index is 12.4. The number of likely N-dealkylation sites (N-methyl/N-ethyl adjacent to an activating group) is 1. The van der Waals surface area contributed by atoms with Gasteiger partial charge in [0.25, 0.3) is 5.91 Å². The van der Waals surface area contributed by atoms with E-state index in [9.17, 15) is 9.90 Å². The molecule has 1 aliphatic carbocycles. The van der Waals surface area contributed by atoms with Gasteiger partial charge in [0, 0.05) is 12.6 Å². The first-order valence-corrected chi connectivity index (χ1v) is 6.61. The summed E-state index contributed by atoms with van der Waals surface area (Å²) in [4.78, 5) is 14.1. The number of benzene rings is 1. The van der Waals surface area contributed by atoms with E-state index >= 15 is 0 Å². The van der Waals surface area contributed by atoms with Crippen molar-refractivity contribution in [2.75, 3.05) is 7.05 Å². The first-order chi connectivity index (χ1) is 8.59. The van der Waals surface area contributed by atoms with Gasteiger partial charge in [-0.05, 0) is 31.9 Å². The minimum Gasteiger partial charge on any atom is -0.391 e. The summed E-state index contributed by atoms with van der Waals surface area (Å²) < 4.78 is 0. The second-order valence-corrected chi connectivity index (χ2v) is 5.20. The van der Waals surface area contributed by atoms with Gasteiger partial charge in [-0.3, -0.25) is 4.79 Å². The fraction of sp³-hybridized carbons (Fsp3) is 0.533. The summed E-state index contributed by atoms with van der Waals surface area (Å²) in [5.74, 6) is 0.00431. The zero-order chi connectivity index (χ0) is 13.1. The highest BCUT2D eigenvalue weighted by Crippen LogP contribution is 2.23. The Morgan fingerprint density at radius 3 is 2.72 bits per heavy atom. The van der Waals surface area contributed by atoms with Crippen LogP contribution in [0.4, 0.5) is 0 Å². The number of hydrogen-bond acceptors (Lipinski definition) is 2. The second kappa shape index (κ2) is 5.53. The lowest BCUT2D eigenvalue weighted by molar-refractivity contribution is 0.0268. The van der Waals surface area contributed by atoms with Crippen molar-refractivity contribution in [3.63, 3.8) is 0 Å². The number of aryl methyl sites for hydroxylation is 1. The Bertz CT molecular complexity index is 430. The number of aliphatic hydroxyl groups is 1. The number of nitrogens with zero attached hydrogens (tertiary/aromatic N) is 1. The molecule has 3 heteroatoms. The normalized spacial score (nSPS) is 23.7. The van der Waals surface area contributed by atoms with Gasteiger partial charge < -0.3 is 10.0 Å². The number of carbonyl (C=O) groups is 1. The Morgan fingerprint density at radius 2 is 2.06 bits per heavy atom. The summed E-state index contributed by atoms with van der Waals surface area (Å²) in [6, 6.07) is 7.57. The van der Waals surface area contributed by atoms with Crippen molar-refractivity contribution in [2.45, 2.75) is 44.8 Å². The molecular weight excluding hydrogens is 226 g/mol. The fourth-order valence-corrected chi connectivity index (χ4v) is 2.68. The van der Waals surface area contributed by atoms with Crippen LogP contribution >= 0.6 is 0 Å². The Morgan fingerprint density at radius 1 is 1.33 bits per heavy atom. The first kappa shape index (κ1) is 13.1. The average molecular weight is 247 g/mol. The van der Waals surface area contributed by atoms with Crippen LogP contribution in [0, 0.1) is 6.92 Å². The molecule has 0 saturated heterocycles. The van der Waals surface area contributed by atoms with Crippen molar-refractivity contribution in [1.82, 2.24) is 4.90 Å². The summed E-state index contributed by atoms with van der Waals surface area (Å²) >= 11 is 0. The lowest BCUT2D eigenvalue weighted by atomic mass is 9.91. The van der Waals surface area contributed by atoms with Gasteiger partial charge in [-0.2, -0.15) is 0 Å². The van der Waals surface area contributed by atoms with Gasteiger partial charge in [-0.25, -0.2) is 0 Å². The highest BCUT2D eigenvalue weighted by Gasteiger charge is 2.29. The van der Waals surface area contributed by atoms with Crippen molar-refractivity contribution >= 4 is 5.91 Å². The van der Waals surface area contributed by atoms with Crippen LogP contribution in [0.25, 0.3) is 0 Å². The minimum atomic E-state index is -0.377. The molecular formula is C15H21NO2. The Labute approximate surface area is 108 Å². The first-order valence-electron chi connectivity index (χ1n) is 6.61. The van der Waals surface area contributed by atoms with Crippen molar-refractivity contribution in [3.05, 3.63) is 35.4 Å². The topological polar surface area (TPSA) is 40.5 Å². The molecule has 0 aromatic heterocycles. The molecule has 1 amide bonds. The van der Waals surface area contributed by atoms with E-state index in [2.05, 4.69) is 0 Å². The molecule has 2 rings (SSSR count). The highest BCUT2D eigenvalue weighted by molar-refractivity contribution is 5.94. The monoisotopic (exact) mass is 247 g/mol. The van der Waals surface area contributed by atoms with E-state index in [4.69, 9.17) is 0 Å². The predicted octanol–water partition coefficient (Wildman–Crippen LogP) is 2.37. The van der Waals surface area contributed by atoms with E-state index in [1.807, 2.05) is 31.2 Å². The molecule has 1 aromatic rings. The molecule has 0 unspecified atom stereocenters. The van der Waals surface area contributed by atoms with Gasteiger partial charge in [0.2, 0.25) is 0 Å². The van der Waals surface area contributed by atoms with Crippen LogP contribution in [0.15, 0.2) is 24.3 Å². The third-order valence-electron chi connectivity index (χ3n) is 3.78. The molecule has 1 saturated carbocycles. The number of aliphatic hydroxyl groups excluding tert-OH is 1.